The van der Waals surface area contributed by atoms with Crippen molar-refractivity contribution in [2.75, 3.05) is 19.6 Å². The van der Waals surface area contributed by atoms with Gasteiger partial charge in [0.2, 0.25) is 47.3 Å². The van der Waals surface area contributed by atoms with Crippen LogP contribution >= 0.6 is 0 Å². The van der Waals surface area contributed by atoms with Gasteiger partial charge in [0.05, 0.1) is 12.6 Å². The van der Waals surface area contributed by atoms with Crippen LogP contribution in [-0.2, 0) is 47.9 Å². The zero-order valence-corrected chi connectivity index (χ0v) is 37.2. The van der Waals surface area contributed by atoms with E-state index in [9.17, 15) is 58.2 Å². The first-order chi connectivity index (χ1) is 29.8. The molecule has 26 nitrogen and oxygen atoms in total. The summed E-state index contributed by atoms with van der Waals surface area (Å²) in [5.74, 6) is -9.85. The number of carbonyl (C=O) groups excluding carboxylic acids is 8. The second-order valence-electron chi connectivity index (χ2n) is 15.6. The molecule has 0 fully saturated rings. The number of aliphatic imine (C=N–C) groups is 1. The van der Waals surface area contributed by atoms with Gasteiger partial charge in [-0.25, -0.2) is 4.79 Å². The van der Waals surface area contributed by atoms with E-state index in [0.29, 0.717) is 12.8 Å². The van der Waals surface area contributed by atoms with Crippen molar-refractivity contribution >= 4 is 65.2 Å². The average Bonchev–Trinajstić information content (AvgIpc) is 3.20. The third-order valence-corrected chi connectivity index (χ3v) is 9.28. The zero-order chi connectivity index (χ0) is 49.3. The molecular formula is C38H69N13O13. The second-order valence-corrected chi connectivity index (χ2v) is 15.6. The van der Waals surface area contributed by atoms with E-state index < -0.39 is 127 Å². The number of aliphatic carboxylic acids is 2. The highest BCUT2D eigenvalue weighted by Crippen LogP contribution is 2.08. The smallest absolute Gasteiger partial charge is 0.326 e. The van der Waals surface area contributed by atoms with Crippen molar-refractivity contribution in [2.45, 2.75) is 147 Å². The summed E-state index contributed by atoms with van der Waals surface area (Å²) in [5.41, 5.74) is 21.8. The fourth-order valence-electron chi connectivity index (χ4n) is 5.69. The van der Waals surface area contributed by atoms with Gasteiger partial charge >= 0.3 is 11.9 Å². The van der Waals surface area contributed by atoms with Gasteiger partial charge < -0.3 is 80.8 Å². The van der Waals surface area contributed by atoms with E-state index in [2.05, 4.69) is 47.5 Å². The summed E-state index contributed by atoms with van der Waals surface area (Å²) in [6.07, 6.45) is -1.32. The molecule has 0 bridgehead atoms. The molecule has 0 spiro atoms. The SMILES string of the molecule is CC(C)C[C@H](NC(=O)[C@@H](NC(=O)[C@H](C)NC(=O)[C@H](C)NC(=O)[C@H](CCCCN)NC(=O)[C@H](CCCN=C(N)N)NC(=O)[C@H](C)NC(=O)[C@H](CCC(=O)O)NC(=O)CN)[C@@H](C)O)C(=O)O. The Kier molecular flexibility index (Phi) is 27.1. The van der Waals surface area contributed by atoms with E-state index in [-0.39, 0.29) is 57.1 Å². The van der Waals surface area contributed by atoms with Crippen molar-refractivity contribution in [3.8, 4) is 0 Å². The number of aliphatic hydroxyl groups is 1. The van der Waals surface area contributed by atoms with Crippen LogP contribution in [0.15, 0.2) is 4.99 Å². The minimum atomic E-state index is -1.59. The molecule has 26 heteroatoms. The van der Waals surface area contributed by atoms with Crippen LogP contribution in [0.5, 0.6) is 0 Å². The van der Waals surface area contributed by atoms with Crippen LogP contribution in [-0.4, -0.2) is 155 Å². The summed E-state index contributed by atoms with van der Waals surface area (Å²) in [6, 6.07) is -10.8. The lowest BCUT2D eigenvalue weighted by atomic mass is 10.0. The Morgan fingerprint density at radius 3 is 1.42 bits per heavy atom. The van der Waals surface area contributed by atoms with E-state index in [1.807, 2.05) is 0 Å². The molecule has 0 aromatic heterocycles. The van der Waals surface area contributed by atoms with E-state index in [1.165, 1.54) is 27.7 Å². The van der Waals surface area contributed by atoms with Crippen LogP contribution in [0.3, 0.4) is 0 Å². The summed E-state index contributed by atoms with van der Waals surface area (Å²) in [6.45, 7) is 8.32. The highest BCUT2D eigenvalue weighted by molar-refractivity contribution is 5.97. The molecule has 364 valence electrons. The number of guanidine groups is 1. The predicted molar refractivity (Wildman–Crippen MR) is 230 cm³/mol. The fraction of sp³-hybridized carbons (Fsp3) is 0.711. The lowest BCUT2D eigenvalue weighted by Gasteiger charge is -2.27. The molecule has 0 heterocycles. The molecule has 0 saturated heterocycles. The van der Waals surface area contributed by atoms with Crippen LogP contribution < -0.4 is 65.5 Å². The maximum Gasteiger partial charge on any atom is 0.326 e. The van der Waals surface area contributed by atoms with Crippen LogP contribution in [0.4, 0.5) is 0 Å². The normalized spacial score (nSPS) is 15.2. The van der Waals surface area contributed by atoms with Crippen LogP contribution in [0.2, 0.25) is 0 Å². The van der Waals surface area contributed by atoms with Gasteiger partial charge in [0.25, 0.3) is 0 Å². The first kappa shape index (κ1) is 57.8. The lowest BCUT2D eigenvalue weighted by Crippen LogP contribution is -2.60. The van der Waals surface area contributed by atoms with Crippen molar-refractivity contribution < 1.29 is 63.3 Å². The number of unbranched alkanes of at least 4 members (excludes halogenated alkanes) is 1. The predicted octanol–water partition coefficient (Wildman–Crippen LogP) is -5.56. The number of nitrogens with two attached hydrogens (primary N) is 4. The van der Waals surface area contributed by atoms with E-state index in [0.717, 1.165) is 0 Å². The molecule has 0 saturated carbocycles. The first-order valence-corrected chi connectivity index (χ1v) is 20.8. The molecule has 9 atom stereocenters. The Balaban J connectivity index is 6.03. The standard InChI is InChI=1S/C38H69N13O13/c1-18(2)16-26(37(63)64)50-36(62)29(22(6)52)51-32(58)21(5)44-30(56)19(3)45-33(59)23(10-7-8-14-39)49-35(61)24(11-9-15-43-38(41)42)48-31(57)20(4)46-34(60)25(12-13-28(54)55)47-27(53)17-40/h18-26,29,52H,7-17,39-40H2,1-6H3,(H,44,56)(H,45,59)(H,46,60)(H,47,53)(H,48,57)(H,49,61)(H,50,62)(H,51,58)(H,54,55)(H,63,64)(H4,41,42,43)/t19-,20-,21-,22+,23-,24-,25-,26-,29-/m0/s1. The van der Waals surface area contributed by atoms with E-state index in [4.69, 9.17) is 28.0 Å². The van der Waals surface area contributed by atoms with Gasteiger partial charge in [0, 0.05) is 13.0 Å². The summed E-state index contributed by atoms with van der Waals surface area (Å²) in [7, 11) is 0. The number of hydrogen-bond donors (Lipinski definition) is 15. The molecular weight excluding hydrogens is 846 g/mol. The maximum atomic E-state index is 13.8. The molecule has 0 aromatic rings. The number of carbonyl (C=O) groups is 10. The van der Waals surface area contributed by atoms with Crippen molar-refractivity contribution in [1.29, 1.82) is 0 Å². The quantitative estimate of drug-likeness (QED) is 0.0175. The Hall–Kier alpha value is -6.15. The lowest BCUT2D eigenvalue weighted by molar-refractivity contribution is -0.143. The molecule has 0 unspecified atom stereocenters. The van der Waals surface area contributed by atoms with E-state index >= 15 is 0 Å². The van der Waals surface area contributed by atoms with Crippen LogP contribution in [0.1, 0.15) is 92.9 Å². The van der Waals surface area contributed by atoms with Crippen LogP contribution in [0.25, 0.3) is 0 Å². The third-order valence-electron chi connectivity index (χ3n) is 9.28. The topological polar surface area (TPSA) is 444 Å². The Morgan fingerprint density at radius 1 is 0.531 bits per heavy atom. The highest BCUT2D eigenvalue weighted by Gasteiger charge is 2.34. The van der Waals surface area contributed by atoms with Crippen molar-refractivity contribution in [1.82, 2.24) is 42.5 Å². The van der Waals surface area contributed by atoms with Gasteiger partial charge in [-0.15, -0.1) is 0 Å². The summed E-state index contributed by atoms with van der Waals surface area (Å²) in [4.78, 5) is 131. The van der Waals surface area contributed by atoms with Crippen LogP contribution in [0, 0.1) is 5.92 Å². The van der Waals surface area contributed by atoms with Gasteiger partial charge in [-0.05, 0) is 85.1 Å². The van der Waals surface area contributed by atoms with Crippen molar-refractivity contribution in [3.05, 3.63) is 0 Å². The van der Waals surface area contributed by atoms with Gasteiger partial charge in [-0.1, -0.05) is 13.8 Å². The number of nitrogens with one attached hydrogen (secondary N) is 8. The Morgan fingerprint density at radius 2 is 0.969 bits per heavy atom. The molecule has 0 aliphatic heterocycles. The van der Waals surface area contributed by atoms with Crippen molar-refractivity contribution in [3.63, 3.8) is 0 Å². The number of hydrogen-bond acceptors (Lipinski definition) is 14. The summed E-state index contributed by atoms with van der Waals surface area (Å²) in [5, 5.41) is 47.9. The number of rotatable bonds is 31. The van der Waals surface area contributed by atoms with E-state index in [1.54, 1.807) is 13.8 Å². The Bertz CT molecular complexity index is 1640. The molecule has 0 radical (unpaired) electrons. The minimum Gasteiger partial charge on any atom is -0.481 e. The largest absolute Gasteiger partial charge is 0.481 e. The zero-order valence-electron chi connectivity index (χ0n) is 37.2. The fourth-order valence-corrected chi connectivity index (χ4v) is 5.69. The molecule has 0 rings (SSSR count). The van der Waals surface area contributed by atoms with Crippen molar-refractivity contribution in [2.24, 2.45) is 33.8 Å². The number of carboxylic acids is 2. The summed E-state index contributed by atoms with van der Waals surface area (Å²) < 4.78 is 0. The molecule has 0 aliphatic carbocycles. The highest BCUT2D eigenvalue weighted by atomic mass is 16.4. The maximum absolute atomic E-state index is 13.8. The molecule has 64 heavy (non-hydrogen) atoms. The van der Waals surface area contributed by atoms with Gasteiger partial charge in [0.1, 0.15) is 48.3 Å². The number of amides is 8. The number of carboxylic acid groups (broad SMARTS) is 2. The molecule has 0 aromatic carbocycles. The first-order valence-electron chi connectivity index (χ1n) is 20.8. The van der Waals surface area contributed by atoms with Gasteiger partial charge in [0.15, 0.2) is 5.96 Å². The minimum absolute atomic E-state index is 0.0258. The molecule has 8 amide bonds. The van der Waals surface area contributed by atoms with Gasteiger partial charge in [-0.2, -0.15) is 0 Å². The summed E-state index contributed by atoms with van der Waals surface area (Å²) >= 11 is 0. The number of nitrogens with zero attached hydrogens (tertiary/aromatic N) is 1. The molecule has 19 N–H and O–H groups in total. The Labute approximate surface area is 371 Å². The second kappa shape index (κ2) is 30.0. The third kappa shape index (κ3) is 23.3. The van der Waals surface area contributed by atoms with Gasteiger partial charge in [-0.3, -0.25) is 48.1 Å². The monoisotopic (exact) mass is 916 g/mol. The number of aliphatic hydroxyl groups excluding tert-OH is 1. The molecule has 0 aliphatic rings. The average molecular weight is 916 g/mol.